The fourth-order valence-corrected chi connectivity index (χ4v) is 2.46. The molecule has 1 heterocycles. The van der Waals surface area contributed by atoms with E-state index in [1.807, 2.05) is 26.0 Å². The molecule has 1 saturated heterocycles. The lowest BCUT2D eigenvalue weighted by Gasteiger charge is -2.23. The number of benzene rings is 1. The average molecular weight is 221 g/mol. The van der Waals surface area contributed by atoms with E-state index in [0.717, 1.165) is 36.2 Å². The van der Waals surface area contributed by atoms with Crippen LogP contribution in [0, 0.1) is 25.6 Å². The minimum Gasteiger partial charge on any atom is -0.317 e. The third-order valence-electron chi connectivity index (χ3n) is 3.62. The summed E-state index contributed by atoms with van der Waals surface area (Å²) in [7, 11) is 0. The highest BCUT2D eigenvalue weighted by molar-refractivity contribution is 5.32. The molecule has 0 aliphatic carbocycles. The zero-order valence-electron chi connectivity index (χ0n) is 10.1. The number of nitrogens with one attached hydrogen (secondary N) is 1. The predicted molar refractivity (Wildman–Crippen MR) is 65.2 cm³/mol. The first kappa shape index (κ1) is 11.6. The summed E-state index contributed by atoms with van der Waals surface area (Å²) >= 11 is 0. The largest absolute Gasteiger partial charge is 0.317 e. The van der Waals surface area contributed by atoms with Crippen molar-refractivity contribution in [3.8, 4) is 0 Å². The van der Waals surface area contributed by atoms with Gasteiger partial charge < -0.3 is 5.32 Å². The first-order chi connectivity index (χ1) is 7.68. The van der Waals surface area contributed by atoms with Gasteiger partial charge in [-0.1, -0.05) is 12.1 Å². The molecular formula is C14H20FN. The first-order valence-corrected chi connectivity index (χ1v) is 6.14. The van der Waals surface area contributed by atoms with E-state index in [1.54, 1.807) is 0 Å². The van der Waals surface area contributed by atoms with Gasteiger partial charge in [0.05, 0.1) is 0 Å². The molecule has 1 aliphatic heterocycles. The molecule has 0 unspecified atom stereocenters. The van der Waals surface area contributed by atoms with Gasteiger partial charge in [-0.3, -0.25) is 0 Å². The highest BCUT2D eigenvalue weighted by atomic mass is 19.1. The summed E-state index contributed by atoms with van der Waals surface area (Å²) in [5.41, 5.74) is 2.81. The molecule has 0 spiro atoms. The minimum atomic E-state index is 0.0125. The minimum absolute atomic E-state index is 0.0125. The molecule has 0 radical (unpaired) electrons. The third kappa shape index (κ3) is 2.43. The first-order valence-electron chi connectivity index (χ1n) is 6.14. The van der Waals surface area contributed by atoms with Crippen LogP contribution >= 0.6 is 0 Å². The molecule has 2 rings (SSSR count). The Morgan fingerprint density at radius 1 is 1.19 bits per heavy atom. The van der Waals surface area contributed by atoms with E-state index in [-0.39, 0.29) is 5.82 Å². The van der Waals surface area contributed by atoms with Crippen LogP contribution in [-0.2, 0) is 6.42 Å². The maximum atomic E-state index is 14.0. The molecule has 0 bridgehead atoms. The van der Waals surface area contributed by atoms with Crippen molar-refractivity contribution >= 4 is 0 Å². The van der Waals surface area contributed by atoms with Crippen LogP contribution in [0.3, 0.4) is 0 Å². The highest BCUT2D eigenvalue weighted by Crippen LogP contribution is 2.24. The molecule has 1 aliphatic rings. The maximum Gasteiger partial charge on any atom is 0.129 e. The lowest BCUT2D eigenvalue weighted by atomic mass is 9.88. The van der Waals surface area contributed by atoms with Gasteiger partial charge in [0, 0.05) is 0 Å². The molecule has 88 valence electrons. The summed E-state index contributed by atoms with van der Waals surface area (Å²) in [5, 5.41) is 3.35. The van der Waals surface area contributed by atoms with Crippen molar-refractivity contribution in [1.29, 1.82) is 0 Å². The van der Waals surface area contributed by atoms with Crippen molar-refractivity contribution in [2.24, 2.45) is 5.92 Å². The normalized spacial score (nSPS) is 17.7. The van der Waals surface area contributed by atoms with Crippen molar-refractivity contribution in [3.05, 3.63) is 34.6 Å². The Labute approximate surface area is 97.1 Å². The Hall–Kier alpha value is -0.890. The predicted octanol–water partition coefficient (Wildman–Crippen LogP) is 2.98. The summed E-state index contributed by atoms with van der Waals surface area (Å²) in [6.45, 7) is 6.02. The Bertz CT molecular complexity index is 367. The molecule has 0 amide bonds. The number of piperidine rings is 1. The summed E-state index contributed by atoms with van der Waals surface area (Å²) in [5.74, 6) is 0.662. The van der Waals surface area contributed by atoms with Crippen LogP contribution in [0.25, 0.3) is 0 Å². The van der Waals surface area contributed by atoms with Gasteiger partial charge in [0.1, 0.15) is 5.82 Å². The van der Waals surface area contributed by atoms with Crippen molar-refractivity contribution in [1.82, 2.24) is 5.32 Å². The van der Waals surface area contributed by atoms with Gasteiger partial charge in [-0.15, -0.1) is 0 Å². The second-order valence-electron chi connectivity index (χ2n) is 4.89. The molecule has 1 nitrogen and oxygen atoms in total. The van der Waals surface area contributed by atoms with E-state index in [2.05, 4.69) is 5.32 Å². The van der Waals surface area contributed by atoms with Gasteiger partial charge in [-0.05, 0) is 68.8 Å². The van der Waals surface area contributed by atoms with Crippen molar-refractivity contribution in [2.45, 2.75) is 33.1 Å². The van der Waals surface area contributed by atoms with E-state index >= 15 is 0 Å². The summed E-state index contributed by atoms with van der Waals surface area (Å²) in [4.78, 5) is 0. The lowest BCUT2D eigenvalue weighted by Crippen LogP contribution is -2.29. The second-order valence-corrected chi connectivity index (χ2v) is 4.89. The zero-order valence-corrected chi connectivity index (χ0v) is 10.1. The summed E-state index contributed by atoms with van der Waals surface area (Å²) in [6.07, 6.45) is 3.25. The van der Waals surface area contributed by atoms with Gasteiger partial charge in [0.2, 0.25) is 0 Å². The Kier molecular flexibility index (Phi) is 3.59. The molecule has 1 N–H and O–H groups in total. The van der Waals surface area contributed by atoms with Gasteiger partial charge in [0.15, 0.2) is 0 Å². The number of hydrogen-bond acceptors (Lipinski definition) is 1. The number of hydrogen-bond donors (Lipinski definition) is 1. The summed E-state index contributed by atoms with van der Waals surface area (Å²) < 4.78 is 14.0. The maximum absolute atomic E-state index is 14.0. The number of halogens is 1. The molecule has 0 atom stereocenters. The van der Waals surface area contributed by atoms with Crippen molar-refractivity contribution in [3.63, 3.8) is 0 Å². The fourth-order valence-electron chi connectivity index (χ4n) is 2.46. The monoisotopic (exact) mass is 221 g/mol. The molecule has 1 fully saturated rings. The van der Waals surface area contributed by atoms with E-state index in [1.165, 1.54) is 12.8 Å². The van der Waals surface area contributed by atoms with E-state index in [4.69, 9.17) is 0 Å². The molecule has 0 saturated carbocycles. The fraction of sp³-hybridized carbons (Fsp3) is 0.571. The van der Waals surface area contributed by atoms with E-state index < -0.39 is 0 Å². The molecule has 0 aromatic heterocycles. The van der Waals surface area contributed by atoms with Crippen LogP contribution in [-0.4, -0.2) is 13.1 Å². The van der Waals surface area contributed by atoms with E-state index in [0.29, 0.717) is 5.92 Å². The SMILES string of the molecule is Cc1ccc(C)c(CC2CCNCC2)c1F. The molecule has 1 aromatic carbocycles. The second kappa shape index (κ2) is 4.96. The van der Waals surface area contributed by atoms with Crippen LogP contribution in [0.1, 0.15) is 29.5 Å². The van der Waals surface area contributed by atoms with Crippen molar-refractivity contribution < 1.29 is 4.39 Å². The van der Waals surface area contributed by atoms with Crippen LogP contribution < -0.4 is 5.32 Å². The Balaban J connectivity index is 2.16. The number of rotatable bonds is 2. The molecule has 2 heteroatoms. The van der Waals surface area contributed by atoms with E-state index in [9.17, 15) is 4.39 Å². The standard InChI is InChI=1S/C14H20FN/c1-10-3-4-11(2)14(15)13(10)9-12-5-7-16-8-6-12/h3-4,12,16H,5-9H2,1-2H3. The van der Waals surface area contributed by atoms with Crippen LogP contribution in [0.4, 0.5) is 4.39 Å². The zero-order chi connectivity index (χ0) is 11.5. The topological polar surface area (TPSA) is 12.0 Å². The van der Waals surface area contributed by atoms with Gasteiger partial charge in [-0.25, -0.2) is 4.39 Å². The quantitative estimate of drug-likeness (QED) is 0.809. The van der Waals surface area contributed by atoms with Gasteiger partial charge in [-0.2, -0.15) is 0 Å². The third-order valence-corrected chi connectivity index (χ3v) is 3.62. The molecular weight excluding hydrogens is 201 g/mol. The average Bonchev–Trinajstić information content (AvgIpc) is 2.31. The molecule has 16 heavy (non-hydrogen) atoms. The van der Waals surface area contributed by atoms with Gasteiger partial charge >= 0.3 is 0 Å². The number of aryl methyl sites for hydroxylation is 2. The Morgan fingerprint density at radius 3 is 2.50 bits per heavy atom. The van der Waals surface area contributed by atoms with Gasteiger partial charge in [0.25, 0.3) is 0 Å². The Morgan fingerprint density at radius 2 is 1.81 bits per heavy atom. The van der Waals surface area contributed by atoms with Crippen LogP contribution in [0.5, 0.6) is 0 Å². The highest BCUT2D eigenvalue weighted by Gasteiger charge is 2.17. The van der Waals surface area contributed by atoms with Crippen molar-refractivity contribution in [2.75, 3.05) is 13.1 Å². The van der Waals surface area contributed by atoms with Crippen LogP contribution in [0.2, 0.25) is 0 Å². The summed E-state index contributed by atoms with van der Waals surface area (Å²) in [6, 6.07) is 3.91. The van der Waals surface area contributed by atoms with Crippen LogP contribution in [0.15, 0.2) is 12.1 Å². The lowest BCUT2D eigenvalue weighted by molar-refractivity contribution is 0.368. The smallest absolute Gasteiger partial charge is 0.129 e. The molecule has 1 aromatic rings.